The lowest BCUT2D eigenvalue weighted by atomic mass is 10.1. The lowest BCUT2D eigenvalue weighted by Gasteiger charge is -2.20. The fourth-order valence-corrected chi connectivity index (χ4v) is 1.55. The van der Waals surface area contributed by atoms with Crippen molar-refractivity contribution in [2.24, 2.45) is 0 Å². The highest BCUT2D eigenvalue weighted by Gasteiger charge is 2.30. The zero-order valence-electron chi connectivity index (χ0n) is 12.2. The quantitative estimate of drug-likeness (QED) is 0.623. The molecule has 0 bridgehead atoms. The van der Waals surface area contributed by atoms with Gasteiger partial charge in [-0.2, -0.15) is 0 Å². The van der Waals surface area contributed by atoms with E-state index in [4.69, 9.17) is 9.84 Å². The summed E-state index contributed by atoms with van der Waals surface area (Å²) in [7, 11) is 1.57. The largest absolute Gasteiger partial charge is 0.497 e. The lowest BCUT2D eigenvalue weighted by Crippen LogP contribution is -2.49. The van der Waals surface area contributed by atoms with Gasteiger partial charge < -0.3 is 25.6 Å². The van der Waals surface area contributed by atoms with Gasteiger partial charge in [0.1, 0.15) is 5.75 Å². The Morgan fingerprint density at radius 3 is 2.38 bits per heavy atom. The predicted molar refractivity (Wildman–Crippen MR) is 76.2 cm³/mol. The molecule has 0 saturated heterocycles. The van der Waals surface area contributed by atoms with Crippen LogP contribution in [0.3, 0.4) is 0 Å². The van der Waals surface area contributed by atoms with E-state index in [1.165, 1.54) is 0 Å². The minimum Gasteiger partial charge on any atom is -0.497 e. The molecule has 0 radical (unpaired) electrons. The summed E-state index contributed by atoms with van der Waals surface area (Å²) in [6, 6.07) is 6.36. The summed E-state index contributed by atoms with van der Waals surface area (Å²) in [4.78, 5) is 22.4. The van der Waals surface area contributed by atoms with Gasteiger partial charge in [0.05, 0.1) is 19.7 Å². The molecular weight excluding hydrogens is 276 g/mol. The first kappa shape index (κ1) is 16.8. The van der Waals surface area contributed by atoms with Crippen molar-refractivity contribution in [1.82, 2.24) is 10.6 Å². The van der Waals surface area contributed by atoms with Crippen LogP contribution < -0.4 is 15.4 Å². The van der Waals surface area contributed by atoms with E-state index in [0.717, 1.165) is 12.5 Å². The molecule has 2 unspecified atom stereocenters. The van der Waals surface area contributed by atoms with Crippen LogP contribution in [0.2, 0.25) is 0 Å². The van der Waals surface area contributed by atoms with E-state index in [9.17, 15) is 14.7 Å². The second-order valence-corrected chi connectivity index (χ2v) is 4.90. The summed E-state index contributed by atoms with van der Waals surface area (Å²) < 4.78 is 5.05. The molecule has 1 aromatic rings. The van der Waals surface area contributed by atoms with Gasteiger partial charge >= 0.3 is 12.0 Å². The number of rotatable bonds is 6. The number of amides is 2. The number of hydrogen-bond acceptors (Lipinski definition) is 4. The molecule has 0 aliphatic rings. The molecule has 7 heteroatoms. The fraction of sp³-hybridized carbons (Fsp3) is 0.429. The first-order valence-electron chi connectivity index (χ1n) is 6.40. The van der Waals surface area contributed by atoms with Crippen molar-refractivity contribution in [1.29, 1.82) is 0 Å². The number of aliphatic hydroxyl groups is 1. The maximum Gasteiger partial charge on any atom is 0.337 e. The Hall–Kier alpha value is -2.28. The van der Waals surface area contributed by atoms with Crippen LogP contribution >= 0.6 is 0 Å². The zero-order chi connectivity index (χ0) is 16.0. The van der Waals surface area contributed by atoms with Crippen molar-refractivity contribution in [2.75, 3.05) is 13.7 Å². The third-order valence-electron chi connectivity index (χ3n) is 3.02. The fourth-order valence-electron chi connectivity index (χ4n) is 1.55. The minimum atomic E-state index is -2.00. The van der Waals surface area contributed by atoms with Gasteiger partial charge in [-0.15, -0.1) is 0 Å². The third kappa shape index (κ3) is 4.96. The molecule has 21 heavy (non-hydrogen) atoms. The van der Waals surface area contributed by atoms with Crippen molar-refractivity contribution in [3.63, 3.8) is 0 Å². The van der Waals surface area contributed by atoms with Crippen molar-refractivity contribution in [3.8, 4) is 5.75 Å². The summed E-state index contributed by atoms with van der Waals surface area (Å²) in [5.74, 6) is -0.682. The highest BCUT2D eigenvalue weighted by Crippen LogP contribution is 2.17. The van der Waals surface area contributed by atoms with Gasteiger partial charge in [-0.05, 0) is 31.5 Å². The van der Waals surface area contributed by atoms with E-state index in [2.05, 4.69) is 10.6 Å². The highest BCUT2D eigenvalue weighted by atomic mass is 16.5. The lowest BCUT2D eigenvalue weighted by molar-refractivity contribution is -0.155. The van der Waals surface area contributed by atoms with E-state index in [1.54, 1.807) is 26.2 Å². The number of hydrogen-bond donors (Lipinski definition) is 4. The number of carbonyl (C=O) groups is 2. The van der Waals surface area contributed by atoms with Crippen LogP contribution in [0.25, 0.3) is 0 Å². The summed E-state index contributed by atoms with van der Waals surface area (Å²) in [5, 5.41) is 23.2. The van der Waals surface area contributed by atoms with Gasteiger partial charge in [-0.1, -0.05) is 12.1 Å². The van der Waals surface area contributed by atoms with E-state index < -0.39 is 17.6 Å². The Morgan fingerprint density at radius 2 is 1.90 bits per heavy atom. The number of carboxylic acid groups (broad SMARTS) is 1. The second-order valence-electron chi connectivity index (χ2n) is 4.90. The minimum absolute atomic E-state index is 0.273. The number of methoxy groups -OCH3 is 1. The molecule has 0 heterocycles. The Morgan fingerprint density at radius 1 is 1.33 bits per heavy atom. The number of ether oxygens (including phenoxy) is 1. The summed E-state index contributed by atoms with van der Waals surface area (Å²) in [6.07, 6.45) is 0. The second kappa shape index (κ2) is 6.94. The predicted octanol–water partition coefficient (Wildman–Crippen LogP) is 0.891. The molecule has 116 valence electrons. The Bertz CT molecular complexity index is 499. The molecule has 4 N–H and O–H groups in total. The van der Waals surface area contributed by atoms with Crippen LogP contribution in [0.5, 0.6) is 5.75 Å². The zero-order valence-corrected chi connectivity index (χ0v) is 12.2. The van der Waals surface area contributed by atoms with Gasteiger partial charge in [0, 0.05) is 0 Å². The van der Waals surface area contributed by atoms with Gasteiger partial charge in [-0.3, -0.25) is 0 Å². The van der Waals surface area contributed by atoms with Gasteiger partial charge in [0.15, 0.2) is 5.60 Å². The first-order valence-corrected chi connectivity index (χ1v) is 6.40. The Balaban J connectivity index is 2.52. The molecule has 0 spiro atoms. The molecule has 0 aromatic heterocycles. The molecule has 2 atom stereocenters. The Labute approximate surface area is 122 Å². The molecule has 1 aromatic carbocycles. The molecular formula is C14H20N2O5. The monoisotopic (exact) mass is 296 g/mol. The highest BCUT2D eigenvalue weighted by molar-refractivity contribution is 5.79. The van der Waals surface area contributed by atoms with E-state index >= 15 is 0 Å². The van der Waals surface area contributed by atoms with Crippen LogP contribution in [-0.2, 0) is 4.79 Å². The van der Waals surface area contributed by atoms with Crippen molar-refractivity contribution < 1.29 is 24.5 Å². The van der Waals surface area contributed by atoms with Gasteiger partial charge in [0.2, 0.25) is 0 Å². The van der Waals surface area contributed by atoms with Gasteiger partial charge in [0.25, 0.3) is 0 Å². The molecule has 0 aliphatic carbocycles. The maximum absolute atomic E-state index is 11.7. The summed E-state index contributed by atoms with van der Waals surface area (Å²) in [6.45, 7) is 2.52. The number of carboxylic acids is 1. The molecule has 7 nitrogen and oxygen atoms in total. The number of benzene rings is 1. The van der Waals surface area contributed by atoms with Crippen LogP contribution in [0.4, 0.5) is 4.79 Å². The molecule has 2 amide bonds. The number of nitrogens with one attached hydrogen (secondary N) is 2. The van der Waals surface area contributed by atoms with E-state index in [0.29, 0.717) is 5.75 Å². The SMILES string of the molecule is COc1ccc(C(C)NC(=O)NCC(C)(O)C(=O)O)cc1. The third-order valence-corrected chi connectivity index (χ3v) is 3.02. The number of aliphatic carboxylic acids is 1. The topological polar surface area (TPSA) is 108 Å². The summed E-state index contributed by atoms with van der Waals surface area (Å²) >= 11 is 0. The van der Waals surface area contributed by atoms with Crippen LogP contribution in [0.15, 0.2) is 24.3 Å². The number of carbonyl (C=O) groups excluding carboxylic acids is 1. The smallest absolute Gasteiger partial charge is 0.337 e. The van der Waals surface area contributed by atoms with Crippen LogP contribution in [0, 0.1) is 0 Å². The van der Waals surface area contributed by atoms with E-state index in [1.807, 2.05) is 12.1 Å². The normalized spacial score (nSPS) is 14.7. The maximum atomic E-state index is 11.7. The first-order chi connectivity index (χ1) is 9.76. The van der Waals surface area contributed by atoms with E-state index in [-0.39, 0.29) is 12.6 Å². The standard InChI is InChI=1S/C14H20N2O5/c1-9(10-4-6-11(21-3)7-5-10)16-13(19)15-8-14(2,20)12(17)18/h4-7,9,20H,8H2,1-3H3,(H,17,18)(H2,15,16,19). The van der Waals surface area contributed by atoms with Crippen molar-refractivity contribution in [3.05, 3.63) is 29.8 Å². The van der Waals surface area contributed by atoms with Crippen LogP contribution in [0.1, 0.15) is 25.5 Å². The average Bonchev–Trinajstić information content (AvgIpc) is 2.45. The number of urea groups is 1. The van der Waals surface area contributed by atoms with Crippen LogP contribution in [-0.4, -0.2) is 41.5 Å². The summed E-state index contributed by atoms with van der Waals surface area (Å²) in [5.41, 5.74) is -1.13. The average molecular weight is 296 g/mol. The van der Waals surface area contributed by atoms with Gasteiger partial charge in [-0.25, -0.2) is 9.59 Å². The molecule has 1 rings (SSSR count). The molecule has 0 aliphatic heterocycles. The molecule has 0 saturated carbocycles. The van der Waals surface area contributed by atoms with Crippen molar-refractivity contribution in [2.45, 2.75) is 25.5 Å². The Kier molecular flexibility index (Phi) is 5.54. The molecule has 0 fully saturated rings. The van der Waals surface area contributed by atoms with Crippen molar-refractivity contribution >= 4 is 12.0 Å².